The molecule has 0 saturated heterocycles. The van der Waals surface area contributed by atoms with Gasteiger partial charge in [-0.1, -0.05) is 168 Å². The zero-order valence-corrected chi connectivity index (χ0v) is 36.7. The van der Waals surface area contributed by atoms with Crippen LogP contribution in [0.25, 0.3) is 65.3 Å². The molecule has 0 aliphatic carbocycles. The molecule has 0 aliphatic rings. The van der Waals surface area contributed by atoms with Crippen molar-refractivity contribution in [3.05, 3.63) is 241 Å². The highest BCUT2D eigenvalue weighted by atomic mass is 15.2. The lowest BCUT2D eigenvalue weighted by molar-refractivity contribution is 1.28. The van der Waals surface area contributed by atoms with Crippen molar-refractivity contribution < 1.29 is 0 Å². The molecule has 64 heavy (non-hydrogen) atoms. The fraction of sp³-hybridized carbons (Fsp3) is 0.0645. The predicted molar refractivity (Wildman–Crippen MR) is 276 cm³/mol. The van der Waals surface area contributed by atoms with Crippen molar-refractivity contribution in [3.63, 3.8) is 0 Å². The van der Waals surface area contributed by atoms with Crippen LogP contribution in [0.3, 0.4) is 0 Å². The number of anilines is 6. The summed E-state index contributed by atoms with van der Waals surface area (Å²) in [7, 11) is 0. The Kier molecular flexibility index (Phi) is 9.78. The first-order valence-electron chi connectivity index (χ1n) is 22.2. The molecule has 2 heteroatoms. The first-order valence-corrected chi connectivity index (χ1v) is 22.2. The fourth-order valence-electron chi connectivity index (χ4n) is 9.35. The second-order valence-corrected chi connectivity index (χ2v) is 17.4. The van der Waals surface area contributed by atoms with Crippen LogP contribution >= 0.6 is 0 Å². The van der Waals surface area contributed by atoms with Crippen LogP contribution in [-0.4, -0.2) is 0 Å². The first-order chi connectivity index (χ1) is 31.3. The quantitative estimate of drug-likeness (QED) is 0.111. The van der Waals surface area contributed by atoms with Gasteiger partial charge >= 0.3 is 0 Å². The molecule has 0 N–H and O–H groups in total. The number of aryl methyl sites for hydroxylation is 4. The Morgan fingerprint density at radius 3 is 0.844 bits per heavy atom. The van der Waals surface area contributed by atoms with Crippen molar-refractivity contribution in [3.8, 4) is 22.3 Å². The van der Waals surface area contributed by atoms with Crippen LogP contribution in [0.15, 0.2) is 218 Å². The van der Waals surface area contributed by atoms with Gasteiger partial charge in [0.1, 0.15) is 0 Å². The van der Waals surface area contributed by atoms with Gasteiger partial charge in [-0.15, -0.1) is 0 Å². The van der Waals surface area contributed by atoms with E-state index in [-0.39, 0.29) is 0 Å². The van der Waals surface area contributed by atoms with E-state index in [2.05, 4.69) is 256 Å². The number of fused-ring (bicyclic) bond motifs is 4. The van der Waals surface area contributed by atoms with Crippen LogP contribution in [0.5, 0.6) is 0 Å². The summed E-state index contributed by atoms with van der Waals surface area (Å²) in [5.41, 5.74) is 16.3. The molecular formula is C62H48N2. The minimum Gasteiger partial charge on any atom is -0.309 e. The van der Waals surface area contributed by atoms with Crippen LogP contribution in [0.1, 0.15) is 22.3 Å². The molecule has 0 unspecified atom stereocenters. The Hall–Kier alpha value is -7.94. The van der Waals surface area contributed by atoms with Crippen LogP contribution in [0, 0.1) is 27.7 Å². The minimum absolute atomic E-state index is 1.11. The lowest BCUT2D eigenvalue weighted by Gasteiger charge is -2.33. The fourth-order valence-corrected chi connectivity index (χ4v) is 9.35. The highest BCUT2D eigenvalue weighted by Crippen LogP contribution is 2.52. The van der Waals surface area contributed by atoms with E-state index in [1.165, 1.54) is 66.1 Å². The summed E-state index contributed by atoms with van der Waals surface area (Å²) in [4.78, 5) is 4.96. The molecular weight excluding hydrogens is 773 g/mol. The van der Waals surface area contributed by atoms with E-state index in [0.29, 0.717) is 0 Å². The molecule has 0 aromatic heterocycles. The maximum Gasteiger partial charge on any atom is 0.0620 e. The van der Waals surface area contributed by atoms with Crippen LogP contribution < -0.4 is 9.80 Å². The number of benzene rings is 11. The molecule has 11 aromatic rings. The van der Waals surface area contributed by atoms with Crippen molar-refractivity contribution in [1.29, 1.82) is 0 Å². The van der Waals surface area contributed by atoms with E-state index in [4.69, 9.17) is 0 Å². The molecule has 306 valence electrons. The van der Waals surface area contributed by atoms with Crippen molar-refractivity contribution in [2.75, 3.05) is 9.80 Å². The van der Waals surface area contributed by atoms with E-state index in [0.717, 1.165) is 55.7 Å². The number of hydrogen-bond donors (Lipinski definition) is 0. The summed E-state index contributed by atoms with van der Waals surface area (Å²) in [5.74, 6) is 0. The zero-order chi connectivity index (χ0) is 43.3. The SMILES string of the molecule is Cc1ccc(N(c2ccc(C)cc2)c2c3ccc(-c4ccc5ccccc5c4)cc3c(N(c3ccc(C)cc3)c3ccc(C)cc3)c3ccc(-c4ccc5ccccc5c4)cc23)cc1. The Morgan fingerprint density at radius 2 is 0.516 bits per heavy atom. The average Bonchev–Trinajstić information content (AvgIpc) is 3.33. The Balaban J connectivity index is 1.30. The minimum atomic E-state index is 1.11. The topological polar surface area (TPSA) is 6.48 Å². The highest BCUT2D eigenvalue weighted by Gasteiger charge is 2.26. The van der Waals surface area contributed by atoms with Crippen molar-refractivity contribution in [2.24, 2.45) is 0 Å². The van der Waals surface area contributed by atoms with Gasteiger partial charge in [-0.25, -0.2) is 0 Å². The van der Waals surface area contributed by atoms with E-state index in [1.54, 1.807) is 0 Å². The molecule has 0 fully saturated rings. The molecule has 0 radical (unpaired) electrons. The van der Waals surface area contributed by atoms with Gasteiger partial charge in [-0.2, -0.15) is 0 Å². The number of rotatable bonds is 8. The number of nitrogens with zero attached hydrogens (tertiary/aromatic N) is 2. The molecule has 0 bridgehead atoms. The lowest BCUT2D eigenvalue weighted by Crippen LogP contribution is -2.15. The van der Waals surface area contributed by atoms with Gasteiger partial charge in [0.2, 0.25) is 0 Å². The molecule has 11 rings (SSSR count). The van der Waals surface area contributed by atoms with Gasteiger partial charge < -0.3 is 9.80 Å². The van der Waals surface area contributed by atoms with Crippen LogP contribution in [0.4, 0.5) is 34.1 Å². The second kappa shape index (κ2) is 16.1. The summed E-state index contributed by atoms with van der Waals surface area (Å²) < 4.78 is 0. The van der Waals surface area contributed by atoms with Gasteiger partial charge in [0.05, 0.1) is 11.4 Å². The molecule has 0 amide bonds. The average molecular weight is 821 g/mol. The highest BCUT2D eigenvalue weighted by molar-refractivity contribution is 6.24. The zero-order valence-electron chi connectivity index (χ0n) is 36.7. The third-order valence-corrected chi connectivity index (χ3v) is 12.8. The first kappa shape index (κ1) is 38.9. The molecule has 0 atom stereocenters. The lowest BCUT2D eigenvalue weighted by atomic mass is 9.90. The predicted octanol–water partition coefficient (Wildman–Crippen LogP) is 17.8. The standard InChI is InChI=1S/C62H48N2/c1-41-13-27-53(28-14-41)63(54-29-15-42(2)16-30-54)61-57-35-25-52(50-24-22-46-10-6-8-12-48(46)38-50)40-60(57)62(64(55-31-17-43(3)18-32-55)56-33-19-44(4)20-34-56)58-36-26-51(39-59(58)61)49-23-21-45-9-5-7-11-47(45)37-49/h5-40H,1-4H3. The Labute approximate surface area is 375 Å². The molecule has 0 spiro atoms. The summed E-state index contributed by atoms with van der Waals surface area (Å²) in [6, 6.07) is 81.2. The smallest absolute Gasteiger partial charge is 0.0620 e. The monoisotopic (exact) mass is 820 g/mol. The molecule has 0 heterocycles. The third-order valence-electron chi connectivity index (χ3n) is 12.8. The van der Waals surface area contributed by atoms with Crippen molar-refractivity contribution in [1.82, 2.24) is 0 Å². The Bertz CT molecular complexity index is 3180. The number of hydrogen-bond acceptors (Lipinski definition) is 2. The maximum atomic E-state index is 2.48. The summed E-state index contributed by atoms with van der Waals surface area (Å²) in [6.45, 7) is 8.64. The van der Waals surface area contributed by atoms with Crippen LogP contribution in [-0.2, 0) is 0 Å². The van der Waals surface area contributed by atoms with E-state index in [1.807, 2.05) is 0 Å². The summed E-state index contributed by atoms with van der Waals surface area (Å²) in [6.07, 6.45) is 0. The van der Waals surface area contributed by atoms with Gasteiger partial charge in [-0.3, -0.25) is 0 Å². The maximum absolute atomic E-state index is 2.48. The second-order valence-electron chi connectivity index (χ2n) is 17.4. The van der Waals surface area contributed by atoms with E-state index < -0.39 is 0 Å². The summed E-state index contributed by atoms with van der Waals surface area (Å²) in [5, 5.41) is 9.58. The van der Waals surface area contributed by atoms with Gasteiger partial charge in [0.25, 0.3) is 0 Å². The van der Waals surface area contributed by atoms with Gasteiger partial charge in [-0.05, 0) is 144 Å². The third kappa shape index (κ3) is 7.13. The van der Waals surface area contributed by atoms with Gasteiger partial charge in [0.15, 0.2) is 0 Å². The molecule has 2 nitrogen and oxygen atoms in total. The Morgan fingerprint density at radius 1 is 0.234 bits per heavy atom. The van der Waals surface area contributed by atoms with E-state index >= 15 is 0 Å². The normalized spacial score (nSPS) is 11.4. The van der Waals surface area contributed by atoms with Crippen LogP contribution in [0.2, 0.25) is 0 Å². The summed E-state index contributed by atoms with van der Waals surface area (Å²) >= 11 is 0. The largest absolute Gasteiger partial charge is 0.309 e. The molecule has 11 aromatic carbocycles. The van der Waals surface area contributed by atoms with Gasteiger partial charge in [0, 0.05) is 44.3 Å². The van der Waals surface area contributed by atoms with Crippen molar-refractivity contribution >= 4 is 77.2 Å². The van der Waals surface area contributed by atoms with E-state index in [9.17, 15) is 0 Å². The molecule has 0 aliphatic heterocycles. The molecule has 0 saturated carbocycles. The van der Waals surface area contributed by atoms with Crippen molar-refractivity contribution in [2.45, 2.75) is 27.7 Å².